The van der Waals surface area contributed by atoms with Crippen molar-refractivity contribution in [2.45, 2.75) is 70.4 Å². The van der Waals surface area contributed by atoms with E-state index in [-0.39, 0.29) is 36.3 Å². The third kappa shape index (κ3) is 3.75. The number of ether oxygens (including phenoxy) is 1. The molecule has 0 saturated carbocycles. The Morgan fingerprint density at radius 2 is 1.66 bits per heavy atom. The van der Waals surface area contributed by atoms with E-state index in [1.807, 2.05) is 89.3 Å². The van der Waals surface area contributed by atoms with Gasteiger partial charge in [-0.1, -0.05) is 62.8 Å². The van der Waals surface area contributed by atoms with Crippen LogP contribution in [0.15, 0.2) is 54.6 Å². The lowest BCUT2D eigenvalue weighted by Crippen LogP contribution is -2.60. The van der Waals surface area contributed by atoms with E-state index < -0.39 is 35.1 Å². The molecule has 0 aliphatic carbocycles. The Morgan fingerprint density at radius 1 is 0.974 bits per heavy atom. The van der Waals surface area contributed by atoms with Gasteiger partial charge in [-0.3, -0.25) is 14.4 Å². The molecule has 1 unspecified atom stereocenters. The zero-order chi connectivity index (χ0) is 27.4. The first-order valence-electron chi connectivity index (χ1n) is 13.8. The molecule has 2 saturated heterocycles. The van der Waals surface area contributed by atoms with E-state index in [1.165, 1.54) is 0 Å². The summed E-state index contributed by atoms with van der Waals surface area (Å²) in [6.45, 7) is 10.2. The van der Waals surface area contributed by atoms with Gasteiger partial charge in [0.2, 0.25) is 17.7 Å². The van der Waals surface area contributed by atoms with Crippen molar-refractivity contribution in [1.29, 1.82) is 0 Å². The Kier molecular flexibility index (Phi) is 6.76. The first-order chi connectivity index (χ1) is 18.1. The molecule has 1 spiro atoms. The Bertz CT molecular complexity index is 1170. The number of rotatable bonds is 6. The van der Waals surface area contributed by atoms with Crippen LogP contribution >= 0.6 is 0 Å². The van der Waals surface area contributed by atoms with Crippen molar-refractivity contribution in [3.05, 3.63) is 54.6 Å². The number of para-hydroxylation sites is 1. The number of carbonyl (C=O) groups excluding carboxylic acids is 3. The van der Waals surface area contributed by atoms with Gasteiger partial charge in [0.15, 0.2) is 0 Å². The van der Waals surface area contributed by atoms with Crippen LogP contribution in [0.5, 0.6) is 0 Å². The fraction of sp³-hybridized carbons (Fsp3) is 0.567. The summed E-state index contributed by atoms with van der Waals surface area (Å²) in [5.74, 6) is -2.49. The van der Waals surface area contributed by atoms with E-state index >= 15 is 0 Å². The Labute approximate surface area is 224 Å². The monoisotopic (exact) mass is 521 g/mol. The topological polar surface area (TPSA) is 90.4 Å². The molecule has 4 heterocycles. The van der Waals surface area contributed by atoms with Crippen molar-refractivity contribution >= 4 is 23.4 Å². The molecule has 204 valence electrons. The number of hydrogen-bond acceptors (Lipinski definition) is 5. The largest absolute Gasteiger partial charge is 0.394 e. The first kappa shape index (κ1) is 26.6. The van der Waals surface area contributed by atoms with Gasteiger partial charge in [0.05, 0.1) is 30.1 Å². The van der Waals surface area contributed by atoms with Gasteiger partial charge in [-0.15, -0.1) is 0 Å². The minimum Gasteiger partial charge on any atom is -0.394 e. The number of aliphatic hydroxyl groups is 1. The number of aliphatic hydroxyl groups excluding tert-OH is 1. The number of anilines is 1. The molecule has 1 aromatic rings. The van der Waals surface area contributed by atoms with Crippen molar-refractivity contribution in [3.8, 4) is 0 Å². The van der Waals surface area contributed by atoms with Crippen molar-refractivity contribution in [3.63, 3.8) is 0 Å². The van der Waals surface area contributed by atoms with Crippen LogP contribution in [0.3, 0.4) is 0 Å². The lowest BCUT2D eigenvalue weighted by atomic mass is 9.74. The van der Waals surface area contributed by atoms with E-state index in [0.717, 1.165) is 12.1 Å². The number of benzene rings is 1. The van der Waals surface area contributed by atoms with E-state index in [2.05, 4.69) is 0 Å². The van der Waals surface area contributed by atoms with Gasteiger partial charge in [0.1, 0.15) is 11.6 Å². The van der Waals surface area contributed by atoms with Gasteiger partial charge < -0.3 is 24.5 Å². The summed E-state index contributed by atoms with van der Waals surface area (Å²) in [6.07, 6.45) is 8.29. The molecule has 0 radical (unpaired) electrons. The van der Waals surface area contributed by atoms with Crippen LogP contribution in [0.1, 0.15) is 41.0 Å². The molecule has 1 N–H and O–H groups in total. The van der Waals surface area contributed by atoms with Crippen LogP contribution in [-0.4, -0.2) is 81.7 Å². The molecular formula is C30H39N3O5. The molecule has 0 aromatic heterocycles. The Hall–Kier alpha value is -2.97. The lowest BCUT2D eigenvalue weighted by molar-refractivity contribution is -0.156. The molecular weight excluding hydrogens is 482 g/mol. The second-order valence-corrected chi connectivity index (χ2v) is 11.6. The maximum absolute atomic E-state index is 14.5. The second-order valence-electron chi connectivity index (χ2n) is 11.6. The van der Waals surface area contributed by atoms with E-state index in [0.29, 0.717) is 13.1 Å². The van der Waals surface area contributed by atoms with Crippen molar-refractivity contribution in [2.75, 3.05) is 24.6 Å². The minimum absolute atomic E-state index is 0.0516. The molecule has 4 aliphatic heterocycles. The van der Waals surface area contributed by atoms with Gasteiger partial charge in [-0.05, 0) is 38.8 Å². The minimum atomic E-state index is -1.32. The van der Waals surface area contributed by atoms with Crippen molar-refractivity contribution < 1.29 is 24.2 Å². The number of fused-ring (bicyclic) bond motifs is 2. The van der Waals surface area contributed by atoms with Gasteiger partial charge in [0, 0.05) is 24.8 Å². The highest BCUT2D eigenvalue weighted by Gasteiger charge is 2.75. The van der Waals surface area contributed by atoms with Crippen LogP contribution in [0.2, 0.25) is 0 Å². The summed E-state index contributed by atoms with van der Waals surface area (Å²) in [6, 6.07) is 7.79. The van der Waals surface area contributed by atoms with Crippen LogP contribution in [-0.2, 0) is 19.1 Å². The summed E-state index contributed by atoms with van der Waals surface area (Å²) in [5, 5.41) is 10.5. The average Bonchev–Trinajstić information content (AvgIpc) is 3.16. The van der Waals surface area contributed by atoms with E-state index in [1.54, 1.807) is 14.7 Å². The fourth-order valence-corrected chi connectivity index (χ4v) is 6.95. The van der Waals surface area contributed by atoms with Crippen molar-refractivity contribution in [2.24, 2.45) is 17.8 Å². The quantitative estimate of drug-likeness (QED) is 0.582. The predicted molar refractivity (Wildman–Crippen MR) is 144 cm³/mol. The number of likely N-dealkylation sites (tertiary alicyclic amines) is 1. The highest BCUT2D eigenvalue weighted by molar-refractivity contribution is 6.04. The third-order valence-electron chi connectivity index (χ3n) is 9.06. The summed E-state index contributed by atoms with van der Waals surface area (Å²) >= 11 is 0. The molecule has 38 heavy (non-hydrogen) atoms. The molecule has 3 amide bonds. The molecule has 5 rings (SSSR count). The third-order valence-corrected chi connectivity index (χ3v) is 9.06. The lowest BCUT2D eigenvalue weighted by Gasteiger charge is -2.42. The molecule has 2 fully saturated rings. The van der Waals surface area contributed by atoms with Crippen molar-refractivity contribution in [1.82, 2.24) is 9.80 Å². The number of carbonyl (C=O) groups is 3. The number of hydrogen-bond donors (Lipinski definition) is 1. The smallest absolute Gasteiger partial charge is 0.249 e. The summed E-state index contributed by atoms with van der Waals surface area (Å²) in [5.41, 5.74) is -1.65. The maximum Gasteiger partial charge on any atom is 0.249 e. The Morgan fingerprint density at radius 3 is 2.29 bits per heavy atom. The zero-order valence-electron chi connectivity index (χ0n) is 22.9. The number of nitrogens with zero attached hydrogens (tertiary/aromatic N) is 3. The average molecular weight is 522 g/mol. The molecule has 4 aliphatic rings. The highest BCUT2D eigenvalue weighted by Crippen LogP contribution is 2.58. The van der Waals surface area contributed by atoms with Crippen LogP contribution < -0.4 is 4.90 Å². The van der Waals surface area contributed by atoms with Gasteiger partial charge in [0.25, 0.3) is 0 Å². The summed E-state index contributed by atoms with van der Waals surface area (Å²) < 4.78 is 6.88. The SMILES string of the molecule is CC[C@H](C)[C@H](CO)N1C(=O)[C@@H]2[C@@H]3C(=O)N(c4ccccc4)CC=C[C@]3(C)O[C@@]23C=CCN(C(C)C)C(=O)C13. The van der Waals surface area contributed by atoms with Gasteiger partial charge in [-0.25, -0.2) is 0 Å². The van der Waals surface area contributed by atoms with Gasteiger partial charge in [-0.2, -0.15) is 0 Å². The van der Waals surface area contributed by atoms with E-state index in [9.17, 15) is 19.5 Å². The van der Waals surface area contributed by atoms with E-state index in [4.69, 9.17) is 4.74 Å². The molecule has 1 aromatic carbocycles. The molecule has 7 atom stereocenters. The summed E-state index contributed by atoms with van der Waals surface area (Å²) in [7, 11) is 0. The highest BCUT2D eigenvalue weighted by atomic mass is 16.5. The first-order valence-corrected chi connectivity index (χ1v) is 13.8. The zero-order valence-corrected chi connectivity index (χ0v) is 22.9. The van der Waals surface area contributed by atoms with Crippen LogP contribution in [0, 0.1) is 17.8 Å². The molecule has 8 nitrogen and oxygen atoms in total. The maximum atomic E-state index is 14.5. The predicted octanol–water partition coefficient (Wildman–Crippen LogP) is 2.77. The standard InChI is InChI=1S/C30H39N3O5/c1-6-20(4)22(18-34)33-25-28(37)31(19(2)3)16-11-15-30(25)24(27(33)36)23-26(35)32(21-12-8-7-9-13-21)17-10-14-29(23,5)38-30/h7-15,19-20,22-25,34H,6,16-18H2,1-5H3/t20-,22-,23+,24-,25?,29-,30-/m0/s1. The molecule has 8 heteroatoms. The second kappa shape index (κ2) is 9.65. The van der Waals surface area contributed by atoms with Crippen LogP contribution in [0.4, 0.5) is 5.69 Å². The van der Waals surface area contributed by atoms with Gasteiger partial charge >= 0.3 is 0 Å². The Balaban J connectivity index is 1.68. The fourth-order valence-electron chi connectivity index (χ4n) is 6.95. The summed E-state index contributed by atoms with van der Waals surface area (Å²) in [4.78, 5) is 48.1. The normalized spacial score (nSPS) is 34.2. The number of amides is 3. The van der Waals surface area contributed by atoms with Crippen LogP contribution in [0.25, 0.3) is 0 Å². The molecule has 0 bridgehead atoms.